The van der Waals surface area contributed by atoms with Crippen LogP contribution in [0.3, 0.4) is 0 Å². The number of hydrogen-bond acceptors (Lipinski definition) is 2. The van der Waals surface area contributed by atoms with E-state index in [9.17, 15) is 0 Å². The Morgan fingerprint density at radius 3 is 2.64 bits per heavy atom. The summed E-state index contributed by atoms with van der Waals surface area (Å²) in [6.45, 7) is 0. The maximum absolute atomic E-state index is 8.83. The first-order valence-corrected chi connectivity index (χ1v) is 4.03. The molecule has 0 saturated carbocycles. The lowest BCUT2D eigenvalue weighted by molar-refractivity contribution is 0.420. The van der Waals surface area contributed by atoms with Crippen molar-refractivity contribution in [2.75, 3.05) is 0 Å². The van der Waals surface area contributed by atoms with Crippen LogP contribution in [-0.4, -0.2) is 17.2 Å². The molecule has 1 rings (SSSR count). The standard InChI is InChI=1S/C8H13BO2/c10-9(11)8-6-4-2-1-3-5-7-8/h4,6-7,10-11H,1-3,5H2/b6-4-,8-7+. The van der Waals surface area contributed by atoms with Crippen LogP contribution in [0.25, 0.3) is 0 Å². The molecule has 0 aromatic rings. The second kappa shape index (κ2) is 4.37. The first kappa shape index (κ1) is 8.56. The molecular formula is C8H13BO2. The van der Waals surface area contributed by atoms with Gasteiger partial charge in [0.2, 0.25) is 0 Å². The van der Waals surface area contributed by atoms with Crippen LogP contribution in [0.5, 0.6) is 0 Å². The summed E-state index contributed by atoms with van der Waals surface area (Å²) in [5, 5.41) is 17.7. The molecule has 0 radical (unpaired) electrons. The second-order valence-corrected chi connectivity index (χ2v) is 2.76. The molecule has 0 unspecified atom stereocenters. The average molecular weight is 152 g/mol. The van der Waals surface area contributed by atoms with E-state index in [1.165, 1.54) is 6.42 Å². The maximum atomic E-state index is 8.83. The molecule has 0 saturated heterocycles. The van der Waals surface area contributed by atoms with Gasteiger partial charge in [-0.15, -0.1) is 0 Å². The highest BCUT2D eigenvalue weighted by atomic mass is 16.4. The van der Waals surface area contributed by atoms with E-state index in [4.69, 9.17) is 10.0 Å². The fraction of sp³-hybridized carbons (Fsp3) is 0.500. The van der Waals surface area contributed by atoms with Crippen LogP contribution in [0, 0.1) is 0 Å². The predicted octanol–water partition coefficient (Wildman–Crippen LogP) is 1.05. The Bertz CT molecular complexity index is 173. The van der Waals surface area contributed by atoms with Gasteiger partial charge in [0.1, 0.15) is 0 Å². The quantitative estimate of drug-likeness (QED) is 0.551. The van der Waals surface area contributed by atoms with Crippen molar-refractivity contribution in [3.63, 3.8) is 0 Å². The molecule has 2 nitrogen and oxygen atoms in total. The third-order valence-electron chi connectivity index (χ3n) is 1.81. The van der Waals surface area contributed by atoms with Gasteiger partial charge in [-0.1, -0.05) is 18.2 Å². The molecule has 60 valence electrons. The third-order valence-corrected chi connectivity index (χ3v) is 1.81. The number of hydrogen-bond donors (Lipinski definition) is 2. The van der Waals surface area contributed by atoms with Crippen molar-refractivity contribution in [3.8, 4) is 0 Å². The minimum absolute atomic E-state index is 0.629. The molecule has 0 atom stereocenters. The fourth-order valence-electron chi connectivity index (χ4n) is 1.15. The molecular weight excluding hydrogens is 139 g/mol. The Morgan fingerprint density at radius 1 is 1.18 bits per heavy atom. The zero-order chi connectivity index (χ0) is 8.10. The van der Waals surface area contributed by atoms with Crippen LogP contribution >= 0.6 is 0 Å². The summed E-state index contributed by atoms with van der Waals surface area (Å²) in [6, 6.07) is 0. The molecule has 0 heterocycles. The van der Waals surface area contributed by atoms with Crippen LogP contribution in [0.1, 0.15) is 25.7 Å². The van der Waals surface area contributed by atoms with Gasteiger partial charge in [0.25, 0.3) is 0 Å². The molecule has 1 aliphatic rings. The van der Waals surface area contributed by atoms with E-state index in [1.54, 1.807) is 6.08 Å². The lowest BCUT2D eigenvalue weighted by Crippen LogP contribution is -2.14. The first-order chi connectivity index (χ1) is 5.30. The zero-order valence-corrected chi connectivity index (χ0v) is 6.53. The molecule has 0 fully saturated rings. The molecule has 0 aliphatic heterocycles. The minimum Gasteiger partial charge on any atom is -0.423 e. The van der Waals surface area contributed by atoms with Crippen molar-refractivity contribution < 1.29 is 10.0 Å². The van der Waals surface area contributed by atoms with Crippen molar-refractivity contribution in [3.05, 3.63) is 23.7 Å². The summed E-state index contributed by atoms with van der Waals surface area (Å²) in [5.41, 5.74) is 0.629. The van der Waals surface area contributed by atoms with Crippen molar-refractivity contribution in [2.45, 2.75) is 25.7 Å². The number of allylic oxidation sites excluding steroid dienone is 4. The highest BCUT2D eigenvalue weighted by Gasteiger charge is 2.11. The first-order valence-electron chi connectivity index (χ1n) is 4.03. The van der Waals surface area contributed by atoms with Gasteiger partial charge < -0.3 is 10.0 Å². The van der Waals surface area contributed by atoms with E-state index in [2.05, 4.69) is 0 Å². The van der Waals surface area contributed by atoms with Gasteiger partial charge in [0, 0.05) is 0 Å². The fourth-order valence-corrected chi connectivity index (χ4v) is 1.15. The van der Waals surface area contributed by atoms with Gasteiger partial charge in [-0.05, 0) is 31.2 Å². The summed E-state index contributed by atoms with van der Waals surface area (Å²) in [5.74, 6) is 0. The maximum Gasteiger partial charge on any atom is 0.488 e. The van der Waals surface area contributed by atoms with Crippen molar-refractivity contribution in [1.29, 1.82) is 0 Å². The van der Waals surface area contributed by atoms with E-state index in [0.717, 1.165) is 19.3 Å². The molecule has 1 aliphatic carbocycles. The largest absolute Gasteiger partial charge is 0.488 e. The average Bonchev–Trinajstić information content (AvgIpc) is 1.84. The highest BCUT2D eigenvalue weighted by molar-refractivity contribution is 6.51. The molecule has 2 N–H and O–H groups in total. The van der Waals surface area contributed by atoms with E-state index in [0.29, 0.717) is 5.47 Å². The topological polar surface area (TPSA) is 40.5 Å². The molecule has 3 heteroatoms. The zero-order valence-electron chi connectivity index (χ0n) is 6.53. The molecule has 11 heavy (non-hydrogen) atoms. The van der Waals surface area contributed by atoms with E-state index >= 15 is 0 Å². The van der Waals surface area contributed by atoms with Gasteiger partial charge in [-0.2, -0.15) is 0 Å². The van der Waals surface area contributed by atoms with E-state index in [-0.39, 0.29) is 0 Å². The predicted molar refractivity (Wildman–Crippen MR) is 45.9 cm³/mol. The van der Waals surface area contributed by atoms with Gasteiger partial charge in [0.05, 0.1) is 0 Å². The number of rotatable bonds is 1. The minimum atomic E-state index is -1.30. The Morgan fingerprint density at radius 2 is 1.91 bits per heavy atom. The van der Waals surface area contributed by atoms with Crippen molar-refractivity contribution in [2.24, 2.45) is 0 Å². The summed E-state index contributed by atoms with van der Waals surface area (Å²) in [6.07, 6.45) is 10.0. The van der Waals surface area contributed by atoms with Gasteiger partial charge >= 0.3 is 7.12 Å². The van der Waals surface area contributed by atoms with Crippen LogP contribution in [-0.2, 0) is 0 Å². The lowest BCUT2D eigenvalue weighted by Gasteiger charge is -2.03. The highest BCUT2D eigenvalue weighted by Crippen LogP contribution is 2.10. The van der Waals surface area contributed by atoms with E-state index in [1.807, 2.05) is 12.2 Å². The van der Waals surface area contributed by atoms with Gasteiger partial charge in [0.15, 0.2) is 0 Å². The lowest BCUT2D eigenvalue weighted by atomic mass is 9.77. The molecule has 0 aromatic heterocycles. The molecule has 0 bridgehead atoms. The Hall–Kier alpha value is -0.535. The van der Waals surface area contributed by atoms with Crippen LogP contribution in [0.15, 0.2) is 23.7 Å². The second-order valence-electron chi connectivity index (χ2n) is 2.76. The van der Waals surface area contributed by atoms with Gasteiger partial charge in [-0.25, -0.2) is 0 Å². The summed E-state index contributed by atoms with van der Waals surface area (Å²) in [4.78, 5) is 0. The smallest absolute Gasteiger partial charge is 0.423 e. The molecule has 0 aromatic carbocycles. The van der Waals surface area contributed by atoms with Crippen LogP contribution < -0.4 is 0 Å². The monoisotopic (exact) mass is 152 g/mol. The Kier molecular flexibility index (Phi) is 3.40. The normalized spacial score (nSPS) is 26.2. The Balaban J connectivity index is 2.59. The SMILES string of the molecule is OB(O)C1=C/CCCC/C=C\1. The third kappa shape index (κ3) is 2.91. The summed E-state index contributed by atoms with van der Waals surface area (Å²) < 4.78 is 0. The van der Waals surface area contributed by atoms with Gasteiger partial charge in [-0.3, -0.25) is 0 Å². The summed E-state index contributed by atoms with van der Waals surface area (Å²) in [7, 11) is -1.30. The molecule has 0 amide bonds. The summed E-state index contributed by atoms with van der Waals surface area (Å²) >= 11 is 0. The van der Waals surface area contributed by atoms with Crippen molar-refractivity contribution >= 4 is 7.12 Å². The van der Waals surface area contributed by atoms with E-state index < -0.39 is 7.12 Å². The van der Waals surface area contributed by atoms with Crippen LogP contribution in [0.4, 0.5) is 0 Å². The Labute approximate surface area is 67.4 Å². The van der Waals surface area contributed by atoms with Crippen molar-refractivity contribution in [1.82, 2.24) is 0 Å². The molecule has 0 spiro atoms. The van der Waals surface area contributed by atoms with Crippen LogP contribution in [0.2, 0.25) is 0 Å².